The number of hydrogen-bond donors (Lipinski definition) is 0. The van der Waals surface area contributed by atoms with E-state index in [4.69, 9.17) is 13.9 Å². The van der Waals surface area contributed by atoms with Crippen LogP contribution in [-0.4, -0.2) is 31.7 Å². The maximum atomic E-state index is 11.7. The van der Waals surface area contributed by atoms with Crippen molar-refractivity contribution < 1.29 is 13.9 Å². The third-order valence-electron chi connectivity index (χ3n) is 3.73. The summed E-state index contributed by atoms with van der Waals surface area (Å²) in [6.45, 7) is 1.32. The number of methoxy groups -OCH3 is 1. The molecule has 0 amide bonds. The molecule has 1 aromatic heterocycles. The molecule has 0 radical (unpaired) electrons. The molecule has 5 nitrogen and oxygen atoms in total. The van der Waals surface area contributed by atoms with Gasteiger partial charge in [0.15, 0.2) is 0 Å². The minimum absolute atomic E-state index is 0.132. The van der Waals surface area contributed by atoms with Gasteiger partial charge in [-0.3, -0.25) is 9.69 Å². The molecule has 0 bridgehead atoms. The van der Waals surface area contributed by atoms with Crippen LogP contribution in [0.25, 0.3) is 0 Å². The molecule has 0 saturated heterocycles. The topological polar surface area (TPSA) is 51.9 Å². The Balaban J connectivity index is 1.58. The van der Waals surface area contributed by atoms with Gasteiger partial charge in [-0.1, -0.05) is 18.2 Å². The van der Waals surface area contributed by atoms with Crippen LogP contribution in [0.15, 0.2) is 45.8 Å². The minimum Gasteiger partial charge on any atom is -0.490 e. The summed E-state index contributed by atoms with van der Waals surface area (Å²) in [5, 5.41) is 0. The zero-order valence-corrected chi connectivity index (χ0v) is 12.7. The van der Waals surface area contributed by atoms with Gasteiger partial charge in [0.25, 0.3) is 0 Å². The van der Waals surface area contributed by atoms with E-state index < -0.39 is 0 Å². The fourth-order valence-electron chi connectivity index (χ4n) is 2.70. The Morgan fingerprint density at radius 1 is 1.36 bits per heavy atom. The molecule has 2 heterocycles. The van der Waals surface area contributed by atoms with Crippen LogP contribution in [0.4, 0.5) is 0 Å². The van der Waals surface area contributed by atoms with Crippen molar-refractivity contribution in [2.75, 3.05) is 20.7 Å². The molecular formula is C17H19NO4. The zero-order valence-electron chi connectivity index (χ0n) is 12.7. The maximum absolute atomic E-state index is 11.7. The molecule has 0 fully saturated rings. The summed E-state index contributed by atoms with van der Waals surface area (Å²) < 4.78 is 16.2. The molecule has 0 spiro atoms. The molecule has 2 aromatic rings. The summed E-state index contributed by atoms with van der Waals surface area (Å²) in [5.74, 6) is 1.81. The first-order chi connectivity index (χ1) is 10.7. The van der Waals surface area contributed by atoms with Gasteiger partial charge in [-0.25, -0.2) is 0 Å². The lowest BCUT2D eigenvalue weighted by atomic mass is 10.1. The van der Waals surface area contributed by atoms with E-state index in [-0.39, 0.29) is 17.3 Å². The summed E-state index contributed by atoms with van der Waals surface area (Å²) in [4.78, 5) is 13.8. The van der Waals surface area contributed by atoms with Crippen molar-refractivity contribution in [1.29, 1.82) is 0 Å². The van der Waals surface area contributed by atoms with E-state index in [1.165, 1.54) is 25.0 Å². The first kappa shape index (κ1) is 14.7. The lowest BCUT2D eigenvalue weighted by Gasteiger charge is -2.20. The van der Waals surface area contributed by atoms with E-state index in [0.717, 1.165) is 18.7 Å². The SMILES string of the molecule is COc1coc(CN(C)C[C@@H]2Cc3ccccc3O2)cc1=O. The fourth-order valence-corrected chi connectivity index (χ4v) is 2.70. The largest absolute Gasteiger partial charge is 0.490 e. The number of hydrogen-bond acceptors (Lipinski definition) is 5. The summed E-state index contributed by atoms with van der Waals surface area (Å²) in [6, 6.07) is 9.58. The molecule has 22 heavy (non-hydrogen) atoms. The quantitative estimate of drug-likeness (QED) is 0.846. The van der Waals surface area contributed by atoms with Gasteiger partial charge in [-0.2, -0.15) is 0 Å². The van der Waals surface area contributed by atoms with Gasteiger partial charge < -0.3 is 13.9 Å². The van der Waals surface area contributed by atoms with Crippen LogP contribution in [0.2, 0.25) is 0 Å². The molecule has 1 aromatic carbocycles. The van der Waals surface area contributed by atoms with Crippen LogP contribution in [0, 0.1) is 0 Å². The number of nitrogens with zero attached hydrogens (tertiary/aromatic N) is 1. The second-order valence-electron chi connectivity index (χ2n) is 5.53. The molecule has 116 valence electrons. The Morgan fingerprint density at radius 2 is 2.18 bits per heavy atom. The summed E-state index contributed by atoms with van der Waals surface area (Å²) in [6.07, 6.45) is 2.40. The van der Waals surface area contributed by atoms with Crippen LogP contribution in [0.1, 0.15) is 11.3 Å². The van der Waals surface area contributed by atoms with Crippen molar-refractivity contribution >= 4 is 0 Å². The molecule has 0 saturated carbocycles. The smallest absolute Gasteiger partial charge is 0.227 e. The molecule has 5 heteroatoms. The molecular weight excluding hydrogens is 282 g/mol. The Morgan fingerprint density at radius 3 is 2.91 bits per heavy atom. The van der Waals surface area contributed by atoms with E-state index >= 15 is 0 Å². The molecule has 0 aliphatic carbocycles. The summed E-state index contributed by atoms with van der Waals surface area (Å²) >= 11 is 0. The monoisotopic (exact) mass is 301 g/mol. The second kappa shape index (κ2) is 6.23. The van der Waals surface area contributed by atoms with Gasteiger partial charge in [0, 0.05) is 19.0 Å². The number of rotatable bonds is 5. The van der Waals surface area contributed by atoms with Crippen molar-refractivity contribution in [3.63, 3.8) is 0 Å². The van der Waals surface area contributed by atoms with Crippen LogP contribution in [0.3, 0.4) is 0 Å². The Bertz CT molecular complexity index is 685. The van der Waals surface area contributed by atoms with E-state index in [1.807, 2.05) is 25.2 Å². The average molecular weight is 301 g/mol. The van der Waals surface area contributed by atoms with Crippen LogP contribution in [-0.2, 0) is 13.0 Å². The second-order valence-corrected chi connectivity index (χ2v) is 5.53. The number of likely N-dealkylation sites (N-methyl/N-ethyl adjacent to an activating group) is 1. The van der Waals surface area contributed by atoms with Crippen molar-refractivity contribution in [3.05, 3.63) is 58.1 Å². The highest BCUT2D eigenvalue weighted by Gasteiger charge is 2.23. The van der Waals surface area contributed by atoms with Gasteiger partial charge in [-0.05, 0) is 18.7 Å². The normalized spacial score (nSPS) is 16.4. The molecule has 1 aliphatic heterocycles. The first-order valence-electron chi connectivity index (χ1n) is 7.24. The van der Waals surface area contributed by atoms with Crippen molar-refractivity contribution in [1.82, 2.24) is 4.90 Å². The first-order valence-corrected chi connectivity index (χ1v) is 7.24. The molecule has 0 N–H and O–H groups in total. The predicted molar refractivity (Wildman–Crippen MR) is 82.4 cm³/mol. The van der Waals surface area contributed by atoms with E-state index in [9.17, 15) is 4.79 Å². The van der Waals surface area contributed by atoms with Gasteiger partial charge in [-0.15, -0.1) is 0 Å². The lowest BCUT2D eigenvalue weighted by molar-refractivity contribution is 0.159. The lowest BCUT2D eigenvalue weighted by Crippen LogP contribution is -2.31. The van der Waals surface area contributed by atoms with Gasteiger partial charge in [0.05, 0.1) is 13.7 Å². The van der Waals surface area contributed by atoms with Gasteiger partial charge in [0.2, 0.25) is 11.2 Å². The molecule has 1 aliphatic rings. The predicted octanol–water partition coefficient (Wildman–Crippen LogP) is 2.08. The standard InChI is InChI=1S/C17H19NO4/c1-18(9-13-8-15(19)17(20-2)11-21-13)10-14-7-12-5-3-4-6-16(12)22-14/h3-6,8,11,14H,7,9-10H2,1-2H3/t14-/m0/s1. The highest BCUT2D eigenvalue weighted by atomic mass is 16.5. The van der Waals surface area contributed by atoms with Crippen molar-refractivity contribution in [2.24, 2.45) is 0 Å². The zero-order chi connectivity index (χ0) is 15.5. The number of benzene rings is 1. The molecule has 1 atom stereocenters. The average Bonchev–Trinajstić information content (AvgIpc) is 2.89. The van der Waals surface area contributed by atoms with Crippen LogP contribution < -0.4 is 14.9 Å². The van der Waals surface area contributed by atoms with Crippen LogP contribution in [0.5, 0.6) is 11.5 Å². The summed E-state index contributed by atoms with van der Waals surface area (Å²) in [5.41, 5.74) is 1.08. The van der Waals surface area contributed by atoms with E-state index in [1.54, 1.807) is 0 Å². The van der Waals surface area contributed by atoms with Crippen LogP contribution >= 0.6 is 0 Å². The Kier molecular flexibility index (Phi) is 4.15. The minimum atomic E-state index is -0.165. The highest BCUT2D eigenvalue weighted by molar-refractivity contribution is 5.37. The van der Waals surface area contributed by atoms with Crippen molar-refractivity contribution in [3.8, 4) is 11.5 Å². The molecule has 3 rings (SSSR count). The fraction of sp³-hybridized carbons (Fsp3) is 0.353. The van der Waals surface area contributed by atoms with Gasteiger partial charge in [0.1, 0.15) is 23.9 Å². The van der Waals surface area contributed by atoms with E-state index in [0.29, 0.717) is 12.3 Å². The third-order valence-corrected chi connectivity index (χ3v) is 3.73. The Labute approximate surface area is 129 Å². The van der Waals surface area contributed by atoms with Gasteiger partial charge >= 0.3 is 0 Å². The number of fused-ring (bicyclic) bond motifs is 1. The highest BCUT2D eigenvalue weighted by Crippen LogP contribution is 2.28. The third kappa shape index (κ3) is 3.14. The Hall–Kier alpha value is -2.27. The van der Waals surface area contributed by atoms with Crippen molar-refractivity contribution in [2.45, 2.75) is 19.1 Å². The number of para-hydroxylation sites is 1. The van der Waals surface area contributed by atoms with E-state index in [2.05, 4.69) is 11.0 Å². The molecule has 0 unspecified atom stereocenters. The number of ether oxygens (including phenoxy) is 2. The summed E-state index contributed by atoms with van der Waals surface area (Å²) in [7, 11) is 3.43. The maximum Gasteiger partial charge on any atom is 0.227 e.